The van der Waals surface area contributed by atoms with Gasteiger partial charge in [0.25, 0.3) is 0 Å². The van der Waals surface area contributed by atoms with Crippen LogP contribution in [-0.4, -0.2) is 41.8 Å². The standard InChI is InChI=1S/C15H20N2O2/c1-2-17(13-7-8-13)10-14(18)11-19-15-6-4-3-5-12(15)9-16/h3-6,13-14,18H,2,7-8,10-11H2,1H3. The molecule has 2 rings (SSSR count). The average molecular weight is 260 g/mol. The van der Waals surface area contributed by atoms with E-state index >= 15 is 0 Å². The largest absolute Gasteiger partial charge is 0.489 e. The summed E-state index contributed by atoms with van der Waals surface area (Å²) in [6.45, 7) is 3.92. The Morgan fingerprint density at radius 3 is 2.84 bits per heavy atom. The minimum atomic E-state index is -0.521. The van der Waals surface area contributed by atoms with Gasteiger partial charge in [0.2, 0.25) is 0 Å². The molecular formula is C15H20N2O2. The van der Waals surface area contributed by atoms with Crippen LogP contribution < -0.4 is 4.74 Å². The molecule has 1 unspecified atom stereocenters. The summed E-state index contributed by atoms with van der Waals surface area (Å²) < 4.78 is 5.54. The molecule has 1 atom stereocenters. The maximum Gasteiger partial charge on any atom is 0.137 e. The van der Waals surface area contributed by atoms with Crippen LogP contribution in [0.4, 0.5) is 0 Å². The van der Waals surface area contributed by atoms with Crippen LogP contribution in [0.3, 0.4) is 0 Å². The molecule has 1 N–H and O–H groups in total. The summed E-state index contributed by atoms with van der Waals surface area (Å²) in [5, 5.41) is 19.0. The van der Waals surface area contributed by atoms with Gasteiger partial charge in [0.05, 0.1) is 5.56 Å². The van der Waals surface area contributed by atoms with E-state index in [-0.39, 0.29) is 6.61 Å². The summed E-state index contributed by atoms with van der Waals surface area (Å²) in [4.78, 5) is 2.28. The second kappa shape index (κ2) is 6.55. The maximum absolute atomic E-state index is 10.0. The van der Waals surface area contributed by atoms with Crippen LogP contribution in [-0.2, 0) is 0 Å². The Morgan fingerprint density at radius 1 is 1.47 bits per heavy atom. The molecule has 1 fully saturated rings. The molecule has 0 radical (unpaired) electrons. The highest BCUT2D eigenvalue weighted by atomic mass is 16.5. The summed E-state index contributed by atoms with van der Waals surface area (Å²) in [5.74, 6) is 0.540. The fourth-order valence-electron chi connectivity index (χ4n) is 2.17. The fourth-order valence-corrected chi connectivity index (χ4v) is 2.17. The van der Waals surface area contributed by atoms with Gasteiger partial charge in [-0.15, -0.1) is 0 Å². The van der Waals surface area contributed by atoms with Crippen molar-refractivity contribution in [1.29, 1.82) is 5.26 Å². The smallest absolute Gasteiger partial charge is 0.137 e. The lowest BCUT2D eigenvalue weighted by Crippen LogP contribution is -2.37. The van der Waals surface area contributed by atoms with Crippen molar-refractivity contribution < 1.29 is 9.84 Å². The SMILES string of the molecule is CCN(CC(O)COc1ccccc1C#N)C1CC1. The third-order valence-corrected chi connectivity index (χ3v) is 3.35. The van der Waals surface area contributed by atoms with E-state index in [9.17, 15) is 5.11 Å². The number of likely N-dealkylation sites (N-methyl/N-ethyl adjacent to an activating group) is 1. The van der Waals surface area contributed by atoms with Gasteiger partial charge in [0, 0.05) is 12.6 Å². The van der Waals surface area contributed by atoms with Crippen LogP contribution in [0.5, 0.6) is 5.75 Å². The van der Waals surface area contributed by atoms with Crippen LogP contribution in [0.1, 0.15) is 25.3 Å². The molecule has 19 heavy (non-hydrogen) atoms. The number of hydrogen-bond acceptors (Lipinski definition) is 4. The monoisotopic (exact) mass is 260 g/mol. The summed E-state index contributed by atoms with van der Waals surface area (Å²) in [6.07, 6.45) is 1.95. The van der Waals surface area contributed by atoms with E-state index < -0.39 is 6.10 Å². The van der Waals surface area contributed by atoms with Crippen molar-refractivity contribution in [2.75, 3.05) is 19.7 Å². The molecule has 0 bridgehead atoms. The predicted molar refractivity (Wildman–Crippen MR) is 72.9 cm³/mol. The molecule has 4 heteroatoms. The van der Waals surface area contributed by atoms with Crippen molar-refractivity contribution in [3.63, 3.8) is 0 Å². The molecule has 1 aliphatic carbocycles. The zero-order valence-electron chi connectivity index (χ0n) is 11.2. The molecule has 0 aliphatic heterocycles. The lowest BCUT2D eigenvalue weighted by atomic mass is 10.2. The molecule has 0 spiro atoms. The molecule has 0 amide bonds. The Balaban J connectivity index is 1.82. The summed E-state index contributed by atoms with van der Waals surface area (Å²) in [6, 6.07) is 9.82. The van der Waals surface area contributed by atoms with Crippen molar-refractivity contribution in [1.82, 2.24) is 4.90 Å². The third kappa shape index (κ3) is 3.95. The normalized spacial score (nSPS) is 16.1. The third-order valence-electron chi connectivity index (χ3n) is 3.35. The Kier molecular flexibility index (Phi) is 4.78. The van der Waals surface area contributed by atoms with Gasteiger partial charge in [-0.3, -0.25) is 4.90 Å². The molecule has 1 aromatic rings. The van der Waals surface area contributed by atoms with Crippen molar-refractivity contribution in [3.8, 4) is 11.8 Å². The molecule has 0 heterocycles. The minimum Gasteiger partial charge on any atom is -0.489 e. The van der Waals surface area contributed by atoms with Crippen LogP contribution in [0.15, 0.2) is 24.3 Å². The van der Waals surface area contributed by atoms with Crippen molar-refractivity contribution in [2.24, 2.45) is 0 Å². The van der Waals surface area contributed by atoms with E-state index in [0.717, 1.165) is 6.54 Å². The molecule has 102 valence electrons. The van der Waals surface area contributed by atoms with E-state index in [1.807, 2.05) is 6.07 Å². The van der Waals surface area contributed by atoms with Gasteiger partial charge in [0.1, 0.15) is 24.5 Å². The summed E-state index contributed by atoms with van der Waals surface area (Å²) >= 11 is 0. The zero-order valence-corrected chi connectivity index (χ0v) is 11.2. The molecule has 4 nitrogen and oxygen atoms in total. The van der Waals surface area contributed by atoms with Gasteiger partial charge < -0.3 is 9.84 Å². The van der Waals surface area contributed by atoms with E-state index in [2.05, 4.69) is 17.9 Å². The number of nitrogens with zero attached hydrogens (tertiary/aromatic N) is 2. The quantitative estimate of drug-likeness (QED) is 0.812. The summed E-state index contributed by atoms with van der Waals surface area (Å²) in [5.41, 5.74) is 0.504. The lowest BCUT2D eigenvalue weighted by Gasteiger charge is -2.23. The number of rotatable bonds is 7. The Labute approximate surface area is 114 Å². The first-order chi connectivity index (χ1) is 9.24. The Hall–Kier alpha value is -1.57. The number of aliphatic hydroxyl groups excluding tert-OH is 1. The minimum absolute atomic E-state index is 0.224. The van der Waals surface area contributed by atoms with Crippen LogP contribution >= 0.6 is 0 Å². The topological polar surface area (TPSA) is 56.5 Å². The van der Waals surface area contributed by atoms with Crippen LogP contribution in [0.2, 0.25) is 0 Å². The number of nitriles is 1. The van der Waals surface area contributed by atoms with Crippen molar-refractivity contribution in [2.45, 2.75) is 31.9 Å². The van der Waals surface area contributed by atoms with Crippen molar-refractivity contribution >= 4 is 0 Å². The van der Waals surface area contributed by atoms with Crippen LogP contribution in [0, 0.1) is 11.3 Å². The first-order valence-corrected chi connectivity index (χ1v) is 6.78. The first-order valence-electron chi connectivity index (χ1n) is 6.78. The Morgan fingerprint density at radius 2 is 2.21 bits per heavy atom. The van der Waals surface area contributed by atoms with Crippen LogP contribution in [0.25, 0.3) is 0 Å². The number of hydrogen-bond donors (Lipinski definition) is 1. The van der Waals surface area contributed by atoms with Gasteiger partial charge in [-0.2, -0.15) is 5.26 Å². The Bertz CT molecular complexity index is 452. The van der Waals surface area contributed by atoms with E-state index in [0.29, 0.717) is 23.9 Å². The molecule has 0 aromatic heterocycles. The highest BCUT2D eigenvalue weighted by molar-refractivity contribution is 5.42. The number of para-hydroxylation sites is 1. The highest BCUT2D eigenvalue weighted by Gasteiger charge is 2.29. The fraction of sp³-hybridized carbons (Fsp3) is 0.533. The predicted octanol–water partition coefficient (Wildman–Crippen LogP) is 1.78. The second-order valence-corrected chi connectivity index (χ2v) is 4.89. The molecule has 1 aliphatic rings. The number of benzene rings is 1. The average Bonchev–Trinajstić information content (AvgIpc) is 3.27. The van der Waals surface area contributed by atoms with Gasteiger partial charge in [-0.1, -0.05) is 19.1 Å². The second-order valence-electron chi connectivity index (χ2n) is 4.89. The number of aliphatic hydroxyl groups is 1. The highest BCUT2D eigenvalue weighted by Crippen LogP contribution is 2.26. The van der Waals surface area contributed by atoms with Gasteiger partial charge in [-0.25, -0.2) is 0 Å². The summed E-state index contributed by atoms with van der Waals surface area (Å²) in [7, 11) is 0. The van der Waals surface area contributed by atoms with E-state index in [1.165, 1.54) is 12.8 Å². The number of ether oxygens (including phenoxy) is 1. The van der Waals surface area contributed by atoms with Crippen molar-refractivity contribution in [3.05, 3.63) is 29.8 Å². The van der Waals surface area contributed by atoms with E-state index in [1.54, 1.807) is 18.2 Å². The lowest BCUT2D eigenvalue weighted by molar-refractivity contribution is 0.0672. The zero-order chi connectivity index (χ0) is 13.7. The molecule has 1 aromatic carbocycles. The van der Waals surface area contributed by atoms with E-state index in [4.69, 9.17) is 10.00 Å². The first kappa shape index (κ1) is 13.9. The van der Waals surface area contributed by atoms with Gasteiger partial charge in [0.15, 0.2) is 0 Å². The maximum atomic E-state index is 10.0. The van der Waals surface area contributed by atoms with Gasteiger partial charge >= 0.3 is 0 Å². The molecule has 1 saturated carbocycles. The van der Waals surface area contributed by atoms with Gasteiger partial charge in [-0.05, 0) is 31.5 Å². The molecule has 0 saturated heterocycles. The molecular weight excluding hydrogens is 240 g/mol.